The van der Waals surface area contributed by atoms with E-state index in [2.05, 4.69) is 9.88 Å². The van der Waals surface area contributed by atoms with E-state index in [-0.39, 0.29) is 5.82 Å². The van der Waals surface area contributed by atoms with Crippen molar-refractivity contribution in [3.63, 3.8) is 0 Å². The molecule has 1 aliphatic rings. The fourth-order valence-electron chi connectivity index (χ4n) is 1.54. The molecule has 1 aromatic rings. The van der Waals surface area contributed by atoms with Crippen LogP contribution in [0.5, 0.6) is 0 Å². The normalized spacial score (nSPS) is 16.8. The molecule has 70 valence electrons. The van der Waals surface area contributed by atoms with Crippen LogP contribution in [0.4, 0.5) is 10.2 Å². The Morgan fingerprint density at radius 2 is 2.23 bits per heavy atom. The number of hydrogen-bond acceptors (Lipinski definition) is 2. The topological polar surface area (TPSA) is 16.1 Å². The van der Waals surface area contributed by atoms with Gasteiger partial charge in [-0.25, -0.2) is 9.37 Å². The molecular weight excluding hydrogens is 167 g/mol. The van der Waals surface area contributed by atoms with Crippen molar-refractivity contribution in [2.24, 2.45) is 0 Å². The molecule has 0 aromatic carbocycles. The van der Waals surface area contributed by atoms with Crippen LogP contribution in [0, 0.1) is 5.82 Å². The monoisotopic (exact) mass is 180 g/mol. The lowest BCUT2D eigenvalue weighted by molar-refractivity contribution is 0.399. The van der Waals surface area contributed by atoms with Gasteiger partial charge in [0.05, 0.1) is 6.20 Å². The van der Waals surface area contributed by atoms with Gasteiger partial charge in [0, 0.05) is 13.1 Å². The Hall–Kier alpha value is -1.12. The van der Waals surface area contributed by atoms with Crippen molar-refractivity contribution in [3.05, 3.63) is 24.1 Å². The third kappa shape index (κ3) is 1.64. The third-order valence-corrected chi connectivity index (χ3v) is 2.70. The number of halogens is 1. The van der Waals surface area contributed by atoms with E-state index >= 15 is 0 Å². The highest BCUT2D eigenvalue weighted by atomic mass is 19.1. The number of aromatic nitrogens is 1. The van der Waals surface area contributed by atoms with Crippen LogP contribution in [0.1, 0.15) is 19.3 Å². The van der Waals surface area contributed by atoms with E-state index < -0.39 is 0 Å². The molecule has 0 bridgehead atoms. The zero-order valence-electron chi connectivity index (χ0n) is 7.70. The fourth-order valence-corrected chi connectivity index (χ4v) is 1.54. The summed E-state index contributed by atoms with van der Waals surface area (Å²) >= 11 is 0. The van der Waals surface area contributed by atoms with Crippen LogP contribution in [-0.2, 0) is 0 Å². The molecule has 0 radical (unpaired) electrons. The lowest BCUT2D eigenvalue weighted by Gasteiger charge is -2.35. The van der Waals surface area contributed by atoms with Crippen LogP contribution >= 0.6 is 0 Å². The average molecular weight is 180 g/mol. The Labute approximate surface area is 77.4 Å². The molecule has 0 unspecified atom stereocenters. The van der Waals surface area contributed by atoms with Crippen molar-refractivity contribution < 1.29 is 4.39 Å². The highest BCUT2D eigenvalue weighted by Gasteiger charge is 2.22. The summed E-state index contributed by atoms with van der Waals surface area (Å²) in [5.41, 5.74) is 0. The first-order chi connectivity index (χ1) is 6.27. The van der Waals surface area contributed by atoms with E-state index in [0.29, 0.717) is 6.04 Å². The van der Waals surface area contributed by atoms with Crippen molar-refractivity contribution in [1.29, 1.82) is 0 Å². The largest absolute Gasteiger partial charge is 0.357 e. The number of hydrogen-bond donors (Lipinski definition) is 0. The summed E-state index contributed by atoms with van der Waals surface area (Å²) < 4.78 is 12.6. The standard InChI is InChI=1S/C10H13FN2/c1-13(9-3-2-4-9)10-6-5-8(11)7-12-10/h5-7,9H,2-4H2,1H3. The SMILES string of the molecule is CN(c1ccc(F)cn1)C1CCC1. The molecule has 2 rings (SSSR count). The molecule has 1 heterocycles. The summed E-state index contributed by atoms with van der Waals surface area (Å²) in [5, 5.41) is 0. The second-order valence-electron chi connectivity index (χ2n) is 3.53. The van der Waals surface area contributed by atoms with Crippen molar-refractivity contribution in [3.8, 4) is 0 Å². The molecule has 1 fully saturated rings. The third-order valence-electron chi connectivity index (χ3n) is 2.70. The van der Waals surface area contributed by atoms with Gasteiger partial charge in [0.25, 0.3) is 0 Å². The summed E-state index contributed by atoms with van der Waals surface area (Å²) in [6.07, 6.45) is 5.03. The van der Waals surface area contributed by atoms with Gasteiger partial charge in [-0.1, -0.05) is 0 Å². The van der Waals surface area contributed by atoms with Crippen molar-refractivity contribution in [2.75, 3.05) is 11.9 Å². The summed E-state index contributed by atoms with van der Waals surface area (Å²) in [6, 6.07) is 3.79. The maximum atomic E-state index is 12.6. The maximum absolute atomic E-state index is 12.6. The second-order valence-corrected chi connectivity index (χ2v) is 3.53. The summed E-state index contributed by atoms with van der Waals surface area (Å²) in [4.78, 5) is 6.16. The number of pyridine rings is 1. The van der Waals surface area contributed by atoms with Crippen molar-refractivity contribution >= 4 is 5.82 Å². The predicted molar refractivity (Wildman–Crippen MR) is 50.2 cm³/mol. The molecule has 3 heteroatoms. The Bertz CT molecular complexity index is 279. The van der Waals surface area contributed by atoms with Gasteiger partial charge in [-0.3, -0.25) is 0 Å². The molecular formula is C10H13FN2. The minimum atomic E-state index is -0.272. The Morgan fingerprint density at radius 1 is 1.46 bits per heavy atom. The Balaban J connectivity index is 2.10. The molecule has 0 aliphatic heterocycles. The molecule has 1 aliphatic carbocycles. The number of anilines is 1. The van der Waals surface area contributed by atoms with Gasteiger partial charge in [0.2, 0.25) is 0 Å². The van der Waals surface area contributed by atoms with E-state index in [1.54, 1.807) is 6.07 Å². The fraction of sp³-hybridized carbons (Fsp3) is 0.500. The van der Waals surface area contributed by atoms with E-state index in [4.69, 9.17) is 0 Å². The van der Waals surface area contributed by atoms with Crippen LogP contribution in [0.15, 0.2) is 18.3 Å². The summed E-state index contributed by atoms with van der Waals surface area (Å²) in [7, 11) is 2.02. The van der Waals surface area contributed by atoms with E-state index in [0.717, 1.165) is 5.82 Å². The first-order valence-electron chi connectivity index (χ1n) is 4.62. The molecule has 0 N–H and O–H groups in total. The lowest BCUT2D eigenvalue weighted by atomic mass is 9.92. The van der Waals surface area contributed by atoms with E-state index in [1.165, 1.54) is 31.5 Å². The first kappa shape index (κ1) is 8.48. The molecule has 0 spiro atoms. The highest BCUT2D eigenvalue weighted by molar-refractivity contribution is 5.38. The number of rotatable bonds is 2. The molecule has 2 nitrogen and oxygen atoms in total. The van der Waals surface area contributed by atoms with Gasteiger partial charge >= 0.3 is 0 Å². The van der Waals surface area contributed by atoms with Crippen molar-refractivity contribution in [2.45, 2.75) is 25.3 Å². The molecule has 0 saturated heterocycles. The van der Waals surface area contributed by atoms with Crippen LogP contribution in [0.2, 0.25) is 0 Å². The summed E-state index contributed by atoms with van der Waals surface area (Å²) in [6.45, 7) is 0. The molecule has 13 heavy (non-hydrogen) atoms. The van der Waals surface area contributed by atoms with Gasteiger partial charge in [-0.05, 0) is 31.4 Å². The zero-order valence-corrected chi connectivity index (χ0v) is 7.70. The predicted octanol–water partition coefficient (Wildman–Crippen LogP) is 2.21. The van der Waals surface area contributed by atoms with Crippen molar-refractivity contribution in [1.82, 2.24) is 4.98 Å². The minimum Gasteiger partial charge on any atom is -0.357 e. The van der Waals surface area contributed by atoms with Crippen LogP contribution in [0.25, 0.3) is 0 Å². The van der Waals surface area contributed by atoms with Crippen LogP contribution in [0.3, 0.4) is 0 Å². The van der Waals surface area contributed by atoms with Crippen LogP contribution in [-0.4, -0.2) is 18.1 Å². The van der Waals surface area contributed by atoms with Crippen LogP contribution < -0.4 is 4.90 Å². The van der Waals surface area contributed by atoms with E-state index in [1.807, 2.05) is 7.05 Å². The molecule has 1 aromatic heterocycles. The zero-order chi connectivity index (χ0) is 9.26. The smallest absolute Gasteiger partial charge is 0.141 e. The van der Waals surface area contributed by atoms with Gasteiger partial charge in [-0.2, -0.15) is 0 Å². The minimum absolute atomic E-state index is 0.272. The Morgan fingerprint density at radius 3 is 2.69 bits per heavy atom. The highest BCUT2D eigenvalue weighted by Crippen LogP contribution is 2.26. The average Bonchev–Trinajstić information content (AvgIpc) is 2.02. The second kappa shape index (κ2) is 3.32. The van der Waals surface area contributed by atoms with Gasteiger partial charge in [-0.15, -0.1) is 0 Å². The number of nitrogens with zero attached hydrogens (tertiary/aromatic N) is 2. The Kier molecular flexibility index (Phi) is 2.17. The maximum Gasteiger partial charge on any atom is 0.141 e. The first-order valence-corrected chi connectivity index (χ1v) is 4.62. The molecule has 1 saturated carbocycles. The molecule has 0 amide bonds. The van der Waals surface area contributed by atoms with Gasteiger partial charge < -0.3 is 4.90 Å². The lowest BCUT2D eigenvalue weighted by Crippen LogP contribution is -2.37. The quantitative estimate of drug-likeness (QED) is 0.693. The van der Waals surface area contributed by atoms with Gasteiger partial charge in [0.1, 0.15) is 11.6 Å². The summed E-state index contributed by atoms with van der Waals surface area (Å²) in [5.74, 6) is 0.594. The van der Waals surface area contributed by atoms with Gasteiger partial charge in [0.15, 0.2) is 0 Å². The van der Waals surface area contributed by atoms with E-state index in [9.17, 15) is 4.39 Å². The molecule has 0 atom stereocenters.